The third-order valence-corrected chi connectivity index (χ3v) is 2.25. The van der Waals surface area contributed by atoms with Crippen LogP contribution in [0.1, 0.15) is 0 Å². The Morgan fingerprint density at radius 1 is 1.53 bits per heavy atom. The van der Waals surface area contributed by atoms with Gasteiger partial charge in [-0.05, 0) is 12.1 Å². The summed E-state index contributed by atoms with van der Waals surface area (Å²) in [5.74, 6) is 0.579. The van der Waals surface area contributed by atoms with Crippen LogP contribution in [0, 0.1) is 0 Å². The Hall–Kier alpha value is -1.91. The molecule has 1 aliphatic heterocycles. The maximum Gasteiger partial charge on any atom is 0.243 e. The normalized spacial score (nSPS) is 15.6. The average molecular weight is 204 g/mol. The lowest BCUT2D eigenvalue weighted by molar-refractivity contribution is -0.117. The molecule has 0 atom stereocenters. The van der Waals surface area contributed by atoms with Crippen LogP contribution < -0.4 is 10.2 Å². The molecule has 1 aromatic heterocycles. The number of hydrogen-bond acceptors (Lipinski definition) is 4. The first-order chi connectivity index (χ1) is 7.29. The maximum absolute atomic E-state index is 11.0. The second-order valence-corrected chi connectivity index (χ2v) is 3.36. The van der Waals surface area contributed by atoms with Crippen molar-refractivity contribution in [1.82, 2.24) is 15.3 Å². The van der Waals surface area contributed by atoms with Crippen molar-refractivity contribution in [1.29, 1.82) is 0 Å². The fraction of sp³-hybridized carbons (Fsp3) is 0.300. The van der Waals surface area contributed by atoms with Crippen LogP contribution in [-0.2, 0) is 4.79 Å². The molecule has 0 aromatic carbocycles. The summed E-state index contributed by atoms with van der Waals surface area (Å²) < 4.78 is 0. The van der Waals surface area contributed by atoms with Crippen molar-refractivity contribution in [2.75, 3.05) is 18.0 Å². The zero-order valence-electron chi connectivity index (χ0n) is 8.26. The van der Waals surface area contributed by atoms with E-state index in [4.69, 9.17) is 0 Å². The summed E-state index contributed by atoms with van der Waals surface area (Å²) in [6.07, 6.45) is 4.69. The number of carbonyl (C=O) groups is 1. The van der Waals surface area contributed by atoms with Crippen molar-refractivity contribution in [2.24, 2.45) is 0 Å². The van der Waals surface area contributed by atoms with Crippen LogP contribution >= 0.6 is 0 Å². The molecule has 0 saturated carbocycles. The number of rotatable bonds is 3. The Labute approximate surface area is 87.8 Å². The predicted molar refractivity (Wildman–Crippen MR) is 56.4 cm³/mol. The van der Waals surface area contributed by atoms with Gasteiger partial charge in [0, 0.05) is 25.5 Å². The number of nitrogens with zero attached hydrogens (tertiary/aromatic N) is 3. The van der Waals surface area contributed by atoms with E-state index in [1.807, 2.05) is 4.90 Å². The summed E-state index contributed by atoms with van der Waals surface area (Å²) in [4.78, 5) is 21.2. The van der Waals surface area contributed by atoms with Crippen molar-refractivity contribution < 1.29 is 4.79 Å². The fourth-order valence-electron chi connectivity index (χ4n) is 1.45. The van der Waals surface area contributed by atoms with Crippen molar-refractivity contribution in [3.63, 3.8) is 0 Å². The highest BCUT2D eigenvalue weighted by Crippen LogP contribution is 2.14. The van der Waals surface area contributed by atoms with E-state index in [2.05, 4.69) is 21.9 Å². The molecule has 1 amide bonds. The van der Waals surface area contributed by atoms with Crippen LogP contribution in [0.15, 0.2) is 31.1 Å². The largest absolute Gasteiger partial charge is 0.346 e. The first kappa shape index (κ1) is 9.64. The summed E-state index contributed by atoms with van der Waals surface area (Å²) in [5, 5.41) is 2.81. The Kier molecular flexibility index (Phi) is 2.62. The zero-order valence-corrected chi connectivity index (χ0v) is 8.26. The van der Waals surface area contributed by atoms with Crippen LogP contribution in [0.25, 0.3) is 0 Å². The molecule has 15 heavy (non-hydrogen) atoms. The number of nitrogens with one attached hydrogen (secondary N) is 1. The van der Waals surface area contributed by atoms with E-state index in [1.54, 1.807) is 18.5 Å². The van der Waals surface area contributed by atoms with E-state index < -0.39 is 0 Å². The molecule has 0 radical (unpaired) electrons. The molecular formula is C10H12N4O. The molecular weight excluding hydrogens is 192 g/mol. The van der Waals surface area contributed by atoms with E-state index in [0.717, 1.165) is 13.1 Å². The van der Waals surface area contributed by atoms with E-state index in [9.17, 15) is 4.79 Å². The highest BCUT2D eigenvalue weighted by atomic mass is 16.1. The summed E-state index contributed by atoms with van der Waals surface area (Å²) in [6, 6.07) is 1.96. The number of aromatic nitrogens is 2. The van der Waals surface area contributed by atoms with Gasteiger partial charge in [0.25, 0.3) is 0 Å². The van der Waals surface area contributed by atoms with E-state index in [1.165, 1.54) is 6.08 Å². The van der Waals surface area contributed by atoms with E-state index in [0.29, 0.717) is 5.95 Å². The van der Waals surface area contributed by atoms with E-state index >= 15 is 0 Å². The van der Waals surface area contributed by atoms with Gasteiger partial charge in [0.15, 0.2) is 0 Å². The predicted octanol–water partition coefficient (Wildman–Crippen LogP) is -0.0326. The summed E-state index contributed by atoms with van der Waals surface area (Å²) >= 11 is 0. The Balaban J connectivity index is 1.84. The third-order valence-electron chi connectivity index (χ3n) is 2.25. The first-order valence-electron chi connectivity index (χ1n) is 4.74. The molecule has 0 unspecified atom stereocenters. The molecule has 2 heterocycles. The molecule has 78 valence electrons. The molecule has 5 nitrogen and oxygen atoms in total. The topological polar surface area (TPSA) is 58.1 Å². The number of carbonyl (C=O) groups excluding carboxylic acids is 1. The summed E-state index contributed by atoms with van der Waals surface area (Å²) in [6.45, 7) is 4.91. The van der Waals surface area contributed by atoms with Crippen LogP contribution in [-0.4, -0.2) is 35.0 Å². The highest BCUT2D eigenvalue weighted by molar-refractivity contribution is 5.87. The lowest BCUT2D eigenvalue weighted by Crippen LogP contribution is -2.59. The van der Waals surface area contributed by atoms with Crippen molar-refractivity contribution in [2.45, 2.75) is 6.04 Å². The van der Waals surface area contributed by atoms with Gasteiger partial charge in [-0.1, -0.05) is 6.58 Å². The second kappa shape index (κ2) is 4.08. The number of anilines is 1. The average Bonchev–Trinajstić information content (AvgIpc) is 2.23. The Morgan fingerprint density at radius 3 is 2.80 bits per heavy atom. The van der Waals surface area contributed by atoms with Gasteiger partial charge in [0.2, 0.25) is 11.9 Å². The third kappa shape index (κ3) is 2.12. The molecule has 1 aliphatic rings. The van der Waals surface area contributed by atoms with E-state index in [-0.39, 0.29) is 11.9 Å². The van der Waals surface area contributed by atoms with Gasteiger partial charge in [0.05, 0.1) is 6.04 Å². The van der Waals surface area contributed by atoms with Crippen molar-refractivity contribution in [3.8, 4) is 0 Å². The molecule has 5 heteroatoms. The zero-order chi connectivity index (χ0) is 10.7. The van der Waals surface area contributed by atoms with Crippen LogP contribution in [0.4, 0.5) is 5.95 Å². The molecule has 0 bridgehead atoms. The van der Waals surface area contributed by atoms with Gasteiger partial charge in [-0.15, -0.1) is 0 Å². The van der Waals surface area contributed by atoms with Crippen LogP contribution in [0.2, 0.25) is 0 Å². The lowest BCUT2D eigenvalue weighted by atomic mass is 10.1. The monoisotopic (exact) mass is 204 g/mol. The van der Waals surface area contributed by atoms with Crippen LogP contribution in [0.3, 0.4) is 0 Å². The SMILES string of the molecule is C=CC(=O)NC1CN(c2ncccn2)C1. The number of hydrogen-bond donors (Lipinski definition) is 1. The second-order valence-electron chi connectivity index (χ2n) is 3.36. The minimum Gasteiger partial charge on any atom is -0.346 e. The molecule has 0 spiro atoms. The molecule has 1 fully saturated rings. The van der Waals surface area contributed by atoms with Crippen molar-refractivity contribution >= 4 is 11.9 Å². The van der Waals surface area contributed by atoms with Gasteiger partial charge in [-0.25, -0.2) is 9.97 Å². The minimum absolute atomic E-state index is 0.131. The molecule has 0 aliphatic carbocycles. The smallest absolute Gasteiger partial charge is 0.243 e. The quantitative estimate of drug-likeness (QED) is 0.702. The highest BCUT2D eigenvalue weighted by Gasteiger charge is 2.28. The molecule has 1 N–H and O–H groups in total. The van der Waals surface area contributed by atoms with Gasteiger partial charge in [-0.2, -0.15) is 0 Å². The molecule has 1 aromatic rings. The van der Waals surface area contributed by atoms with Crippen molar-refractivity contribution in [3.05, 3.63) is 31.1 Å². The molecule has 1 saturated heterocycles. The first-order valence-corrected chi connectivity index (χ1v) is 4.74. The number of amides is 1. The fourth-order valence-corrected chi connectivity index (χ4v) is 1.45. The van der Waals surface area contributed by atoms with Gasteiger partial charge in [-0.3, -0.25) is 4.79 Å². The van der Waals surface area contributed by atoms with Gasteiger partial charge in [0.1, 0.15) is 0 Å². The van der Waals surface area contributed by atoms with Gasteiger partial charge < -0.3 is 10.2 Å². The van der Waals surface area contributed by atoms with Gasteiger partial charge >= 0.3 is 0 Å². The Bertz CT molecular complexity index is 359. The lowest BCUT2D eigenvalue weighted by Gasteiger charge is -2.39. The molecule has 2 rings (SSSR count). The minimum atomic E-state index is -0.131. The summed E-state index contributed by atoms with van der Waals surface area (Å²) in [5.41, 5.74) is 0. The summed E-state index contributed by atoms with van der Waals surface area (Å²) in [7, 11) is 0. The van der Waals surface area contributed by atoms with Crippen LogP contribution in [0.5, 0.6) is 0 Å². The maximum atomic E-state index is 11.0. The Morgan fingerprint density at radius 2 is 2.20 bits per heavy atom. The standard InChI is InChI=1S/C10H12N4O/c1-2-9(15)13-8-6-14(7-8)10-11-4-3-5-12-10/h2-5,8H,1,6-7H2,(H,13,15).